The van der Waals surface area contributed by atoms with Gasteiger partial charge in [-0.2, -0.15) is 0 Å². The molecule has 130 valence electrons. The molecule has 1 aliphatic carbocycles. The maximum atomic E-state index is 12.4. The monoisotopic (exact) mass is 372 g/mol. The number of carbonyl (C=O) groups is 1. The van der Waals surface area contributed by atoms with Crippen molar-refractivity contribution in [3.63, 3.8) is 0 Å². The lowest BCUT2D eigenvalue weighted by Crippen LogP contribution is -2.17. The summed E-state index contributed by atoms with van der Waals surface area (Å²) in [6.07, 6.45) is 7.56. The largest absolute Gasteiger partial charge is 0.357 e. The topological polar surface area (TPSA) is 66.9 Å². The van der Waals surface area contributed by atoms with Gasteiger partial charge in [-0.25, -0.2) is 0 Å². The first-order valence-corrected chi connectivity index (χ1v) is 10.3. The highest BCUT2D eigenvalue weighted by Gasteiger charge is 2.16. The highest BCUT2D eigenvalue weighted by Crippen LogP contribution is 2.28. The molecular weight excluding hydrogens is 352 g/mol. The van der Waals surface area contributed by atoms with Gasteiger partial charge in [-0.05, 0) is 30.4 Å². The highest BCUT2D eigenvalue weighted by atomic mass is 32.1. The summed E-state index contributed by atoms with van der Waals surface area (Å²) in [5.74, 6) is -0.127. The fourth-order valence-corrected chi connectivity index (χ4v) is 4.86. The van der Waals surface area contributed by atoms with Crippen molar-refractivity contribution in [1.29, 1.82) is 0 Å². The van der Waals surface area contributed by atoms with E-state index in [-0.39, 0.29) is 5.91 Å². The Kier molecular flexibility index (Phi) is 4.94. The normalized spacial score (nSPS) is 15.8. The molecular formula is C18H20N4OS2. The van der Waals surface area contributed by atoms with Gasteiger partial charge >= 0.3 is 0 Å². The van der Waals surface area contributed by atoms with Gasteiger partial charge in [-0.1, -0.05) is 55.2 Å². The lowest BCUT2D eigenvalue weighted by atomic mass is 10.1. The summed E-state index contributed by atoms with van der Waals surface area (Å²) >= 11 is 2.89. The Bertz CT molecular complexity index is 832. The van der Waals surface area contributed by atoms with Crippen molar-refractivity contribution < 1.29 is 4.79 Å². The third-order valence-corrected chi connectivity index (χ3v) is 6.36. The summed E-state index contributed by atoms with van der Waals surface area (Å²) in [6, 6.07) is 10.4. The van der Waals surface area contributed by atoms with Crippen LogP contribution in [-0.4, -0.2) is 22.1 Å². The molecule has 0 unspecified atom stereocenters. The van der Waals surface area contributed by atoms with E-state index in [1.807, 2.05) is 30.3 Å². The Balaban J connectivity index is 1.40. The smallest absolute Gasteiger partial charge is 0.267 e. The number of nitrogens with zero attached hydrogens (tertiary/aromatic N) is 2. The zero-order chi connectivity index (χ0) is 17.1. The summed E-state index contributed by atoms with van der Waals surface area (Å²) < 4.78 is 1.11. The van der Waals surface area contributed by atoms with Crippen molar-refractivity contribution >= 4 is 48.9 Å². The van der Waals surface area contributed by atoms with Crippen molar-refractivity contribution in [3.05, 3.63) is 35.2 Å². The standard InChI is InChI=1S/C18H20N4OS2/c23-16(15-11-12-7-5-6-10-14(12)24-15)20-18-22-21-17(25-18)19-13-8-3-1-2-4-9-13/h5-7,10-11,13H,1-4,8-9H2,(H,19,21)(H,20,22,23). The Hall–Kier alpha value is -1.99. The SMILES string of the molecule is O=C(Nc1nnc(NC2CCCCCC2)s1)c1cc2ccccc2s1. The third kappa shape index (κ3) is 3.99. The van der Waals surface area contributed by atoms with E-state index in [4.69, 9.17) is 0 Å². The number of amides is 1. The average Bonchev–Trinajstić information content (AvgIpc) is 3.16. The Morgan fingerprint density at radius 3 is 2.56 bits per heavy atom. The van der Waals surface area contributed by atoms with E-state index < -0.39 is 0 Å². The maximum Gasteiger partial charge on any atom is 0.267 e. The Morgan fingerprint density at radius 2 is 1.76 bits per heavy atom. The number of fused-ring (bicyclic) bond motifs is 1. The van der Waals surface area contributed by atoms with E-state index in [0.29, 0.717) is 16.1 Å². The van der Waals surface area contributed by atoms with Gasteiger partial charge in [0.2, 0.25) is 10.3 Å². The predicted octanol–water partition coefficient (Wildman–Crippen LogP) is 5.14. The van der Waals surface area contributed by atoms with Crippen LogP contribution in [0.5, 0.6) is 0 Å². The second-order valence-corrected chi connectivity index (χ2v) is 8.41. The van der Waals surface area contributed by atoms with E-state index in [9.17, 15) is 4.79 Å². The fraction of sp³-hybridized carbons (Fsp3) is 0.389. The van der Waals surface area contributed by atoms with Gasteiger partial charge < -0.3 is 5.32 Å². The molecule has 1 aromatic carbocycles. The van der Waals surface area contributed by atoms with E-state index in [2.05, 4.69) is 20.8 Å². The lowest BCUT2D eigenvalue weighted by Gasteiger charge is -2.14. The minimum absolute atomic E-state index is 0.127. The molecule has 1 fully saturated rings. The first-order chi connectivity index (χ1) is 12.3. The number of benzene rings is 1. The predicted molar refractivity (Wildman–Crippen MR) is 105 cm³/mol. The molecule has 2 heterocycles. The number of aromatic nitrogens is 2. The molecule has 2 N–H and O–H groups in total. The molecule has 1 aliphatic rings. The highest BCUT2D eigenvalue weighted by molar-refractivity contribution is 7.21. The molecule has 7 heteroatoms. The minimum atomic E-state index is -0.127. The van der Waals surface area contributed by atoms with Crippen LogP contribution in [0.1, 0.15) is 48.2 Å². The molecule has 0 spiro atoms. The van der Waals surface area contributed by atoms with Crippen LogP contribution in [-0.2, 0) is 0 Å². The molecule has 5 nitrogen and oxygen atoms in total. The number of rotatable bonds is 4. The van der Waals surface area contributed by atoms with Gasteiger partial charge in [-0.3, -0.25) is 10.1 Å². The third-order valence-electron chi connectivity index (χ3n) is 4.48. The zero-order valence-electron chi connectivity index (χ0n) is 13.8. The van der Waals surface area contributed by atoms with Gasteiger partial charge in [0.05, 0.1) is 4.88 Å². The molecule has 1 saturated carbocycles. The Morgan fingerprint density at radius 1 is 1.00 bits per heavy atom. The number of carbonyl (C=O) groups excluding carboxylic acids is 1. The molecule has 0 bridgehead atoms. The molecule has 0 aliphatic heterocycles. The number of anilines is 2. The van der Waals surface area contributed by atoms with Crippen LogP contribution in [0.15, 0.2) is 30.3 Å². The first-order valence-electron chi connectivity index (χ1n) is 8.68. The van der Waals surface area contributed by atoms with Crippen LogP contribution in [0.4, 0.5) is 10.3 Å². The van der Waals surface area contributed by atoms with Crippen LogP contribution in [0, 0.1) is 0 Å². The minimum Gasteiger partial charge on any atom is -0.357 e. The zero-order valence-corrected chi connectivity index (χ0v) is 15.5. The number of thiophene rings is 1. The van der Waals surface area contributed by atoms with E-state index in [1.165, 1.54) is 61.2 Å². The molecule has 0 saturated heterocycles. The molecule has 2 aromatic heterocycles. The number of hydrogen-bond donors (Lipinski definition) is 2. The summed E-state index contributed by atoms with van der Waals surface area (Å²) in [6.45, 7) is 0. The lowest BCUT2D eigenvalue weighted by molar-refractivity contribution is 0.103. The van der Waals surface area contributed by atoms with Crippen LogP contribution in [0.25, 0.3) is 10.1 Å². The summed E-state index contributed by atoms with van der Waals surface area (Å²) in [4.78, 5) is 13.1. The van der Waals surface area contributed by atoms with E-state index in [0.717, 1.165) is 15.2 Å². The van der Waals surface area contributed by atoms with Crippen molar-refractivity contribution in [2.75, 3.05) is 10.6 Å². The van der Waals surface area contributed by atoms with E-state index in [1.54, 1.807) is 0 Å². The van der Waals surface area contributed by atoms with Gasteiger partial charge in [0.25, 0.3) is 5.91 Å². The van der Waals surface area contributed by atoms with Gasteiger partial charge in [0.1, 0.15) is 0 Å². The van der Waals surface area contributed by atoms with Crippen molar-refractivity contribution in [3.8, 4) is 0 Å². The second-order valence-electron chi connectivity index (χ2n) is 6.35. The average molecular weight is 373 g/mol. The molecule has 0 atom stereocenters. The molecule has 4 rings (SSSR count). The van der Waals surface area contributed by atoms with Crippen molar-refractivity contribution in [1.82, 2.24) is 10.2 Å². The van der Waals surface area contributed by atoms with E-state index >= 15 is 0 Å². The molecule has 25 heavy (non-hydrogen) atoms. The number of hydrogen-bond acceptors (Lipinski definition) is 6. The van der Waals surface area contributed by atoms with Gasteiger partial charge in [0, 0.05) is 10.7 Å². The fourth-order valence-electron chi connectivity index (χ4n) is 3.18. The van der Waals surface area contributed by atoms with Crippen molar-refractivity contribution in [2.24, 2.45) is 0 Å². The Labute approximate surface area is 154 Å². The molecule has 1 amide bonds. The van der Waals surface area contributed by atoms with Crippen molar-refractivity contribution in [2.45, 2.75) is 44.6 Å². The van der Waals surface area contributed by atoms with Crippen LogP contribution in [0.2, 0.25) is 0 Å². The van der Waals surface area contributed by atoms with Crippen LogP contribution in [0.3, 0.4) is 0 Å². The van der Waals surface area contributed by atoms with Gasteiger partial charge in [0.15, 0.2) is 0 Å². The summed E-state index contributed by atoms with van der Waals surface area (Å²) in [7, 11) is 0. The maximum absolute atomic E-state index is 12.4. The quantitative estimate of drug-likeness (QED) is 0.622. The first kappa shape index (κ1) is 16.5. The summed E-state index contributed by atoms with van der Waals surface area (Å²) in [5.41, 5.74) is 0. The molecule has 0 radical (unpaired) electrons. The van der Waals surface area contributed by atoms with Crippen LogP contribution < -0.4 is 10.6 Å². The molecule has 3 aromatic rings. The number of nitrogens with one attached hydrogen (secondary N) is 2. The van der Waals surface area contributed by atoms with Crippen LogP contribution >= 0.6 is 22.7 Å². The van der Waals surface area contributed by atoms with Gasteiger partial charge in [-0.15, -0.1) is 21.5 Å². The second kappa shape index (κ2) is 7.49. The summed E-state index contributed by atoms with van der Waals surface area (Å²) in [5, 5.41) is 17.0.